The fourth-order valence-corrected chi connectivity index (χ4v) is 26.0. The Morgan fingerprint density at radius 3 is 0.758 bits per heavy atom. The fourth-order valence-electron chi connectivity index (χ4n) is 26.0. The van der Waals surface area contributed by atoms with Crippen molar-refractivity contribution in [3.05, 3.63) is 437 Å². The largest absolute Gasteiger partial charge is 0.456 e. The van der Waals surface area contributed by atoms with Gasteiger partial charge in [0.25, 0.3) is 0 Å². The summed E-state index contributed by atoms with van der Waals surface area (Å²) in [6, 6.07) is 131. The second-order valence-electron chi connectivity index (χ2n) is 46.2. The van der Waals surface area contributed by atoms with Crippen LogP contribution in [0.15, 0.2) is 379 Å². The first-order valence-corrected chi connectivity index (χ1v) is 52.3. The predicted molar refractivity (Wildman–Crippen MR) is 610 cm³/mol. The molecule has 0 N–H and O–H groups in total. The van der Waals surface area contributed by atoms with Crippen molar-refractivity contribution in [1.82, 2.24) is 44.9 Å². The third-order valence-electron chi connectivity index (χ3n) is 35.8. The van der Waals surface area contributed by atoms with Gasteiger partial charge in [-0.2, -0.15) is 0 Å². The third-order valence-corrected chi connectivity index (χ3v) is 35.8. The molecule has 0 bridgehead atoms. The highest BCUT2D eigenvalue weighted by Crippen LogP contribution is 2.66. The van der Waals surface area contributed by atoms with Crippen LogP contribution in [0.25, 0.3) is 213 Å². The molecule has 724 valence electrons. The van der Waals surface area contributed by atoms with Gasteiger partial charge in [0, 0.05) is 93.3 Å². The molecule has 6 aliphatic rings. The van der Waals surface area contributed by atoms with Gasteiger partial charge in [-0.15, -0.1) is 0 Å². The van der Waals surface area contributed by atoms with E-state index >= 15 is 0 Å². The summed E-state index contributed by atoms with van der Waals surface area (Å²) in [5.41, 5.74) is 43.8. The van der Waals surface area contributed by atoms with E-state index in [1.165, 1.54) is 134 Å². The maximum Gasteiger partial charge on any atom is 0.164 e. The maximum absolute atomic E-state index is 6.26. The molecule has 0 unspecified atom stereocenters. The molecule has 6 aliphatic carbocycles. The lowest BCUT2D eigenvalue weighted by molar-refractivity contribution is 0.295. The lowest BCUT2D eigenvalue weighted by Gasteiger charge is -2.50. The zero-order valence-electron chi connectivity index (χ0n) is 87.6. The van der Waals surface area contributed by atoms with E-state index in [2.05, 4.69) is 361 Å². The fraction of sp³-hybridized carbons (Fsp3) is 0.196. The number of hydrogen-bond donors (Lipinski definition) is 0. The Kier molecular flexibility index (Phi) is 20.5. The zero-order chi connectivity index (χ0) is 102. The molecule has 0 saturated carbocycles. The van der Waals surface area contributed by atoms with E-state index in [0.29, 0.717) is 52.4 Å². The SMILES string of the molecule is CC1(C)c2cc(-c3nc(-c4ccccc4)nc(-c4cccc5oc6ccccc6c45)n3)ccc2-c2c1ccc1c2C(C)(C)C(C)(C)c2ccccc2-1.CC1(C)c2cc(-c3nc(-c4ccccc4)nc(-c4cccc5oc6ccccc6c45)n3)ccc2-c2ccc3c(c21)C(C)(C)C(C)(C)c1ccccc1-3.CC1(C)c2cc(-c3nc(-c4ccccc4)nc(-c4ccccc4)n3)ccc2-c2ccc3c(c21)C(C)(C)C(C)(C)c1ccccc1-3. The monoisotopic (exact) mass is 1930 g/mol. The topological polar surface area (TPSA) is 142 Å². The van der Waals surface area contributed by atoms with Crippen molar-refractivity contribution in [1.29, 1.82) is 0 Å². The smallest absolute Gasteiger partial charge is 0.164 e. The summed E-state index contributed by atoms with van der Waals surface area (Å²) in [5, 5.41) is 4.12. The first kappa shape index (κ1) is 92.2. The van der Waals surface area contributed by atoms with Gasteiger partial charge in [-0.1, -0.05) is 452 Å². The van der Waals surface area contributed by atoms with E-state index in [0.717, 1.165) is 93.9 Å². The molecule has 17 aromatic carbocycles. The minimum Gasteiger partial charge on any atom is -0.456 e. The Balaban J connectivity index is 0.000000113. The summed E-state index contributed by atoms with van der Waals surface area (Å²) in [5.74, 6) is 5.89. The quantitative estimate of drug-likeness (QED) is 0.136. The van der Waals surface area contributed by atoms with Gasteiger partial charge in [0.15, 0.2) is 52.4 Å². The van der Waals surface area contributed by atoms with E-state index in [1.54, 1.807) is 0 Å². The molecule has 0 spiro atoms. The number of para-hydroxylation sites is 2. The summed E-state index contributed by atoms with van der Waals surface area (Å²) in [6.07, 6.45) is 0. The average molecular weight is 1930 g/mol. The van der Waals surface area contributed by atoms with E-state index in [-0.39, 0.29) is 48.7 Å². The van der Waals surface area contributed by atoms with Crippen LogP contribution >= 0.6 is 0 Å². The summed E-state index contributed by atoms with van der Waals surface area (Å²) in [4.78, 5) is 45.9. The van der Waals surface area contributed by atoms with Gasteiger partial charge in [0.2, 0.25) is 0 Å². The molecule has 0 saturated heterocycles. The second kappa shape index (κ2) is 33.2. The van der Waals surface area contributed by atoms with Crippen LogP contribution in [0.4, 0.5) is 0 Å². The van der Waals surface area contributed by atoms with Crippen molar-refractivity contribution in [2.75, 3.05) is 0 Å². The van der Waals surface area contributed by atoms with Crippen molar-refractivity contribution >= 4 is 43.9 Å². The van der Waals surface area contributed by atoms with Gasteiger partial charge in [0.1, 0.15) is 22.3 Å². The van der Waals surface area contributed by atoms with E-state index < -0.39 is 0 Å². The van der Waals surface area contributed by atoms with Crippen molar-refractivity contribution in [3.8, 4) is 169 Å². The van der Waals surface area contributed by atoms with Crippen LogP contribution < -0.4 is 0 Å². The number of fused-ring (bicyclic) bond motifs is 27. The third kappa shape index (κ3) is 13.8. The Morgan fingerprint density at radius 1 is 0.154 bits per heavy atom. The molecule has 5 heterocycles. The van der Waals surface area contributed by atoms with Crippen LogP contribution in [-0.2, 0) is 48.7 Å². The van der Waals surface area contributed by atoms with E-state index in [4.69, 9.17) is 53.7 Å². The zero-order valence-corrected chi connectivity index (χ0v) is 87.6. The predicted octanol–water partition coefficient (Wildman–Crippen LogP) is 35.0. The summed E-state index contributed by atoms with van der Waals surface area (Å²) < 4.78 is 12.5. The Morgan fingerprint density at radius 2 is 0.403 bits per heavy atom. The van der Waals surface area contributed by atoms with Gasteiger partial charge in [-0.25, -0.2) is 44.9 Å². The summed E-state index contributed by atoms with van der Waals surface area (Å²) >= 11 is 0. The minimum atomic E-state index is -0.245. The van der Waals surface area contributed by atoms with E-state index in [1.807, 2.05) is 133 Å². The molecule has 28 rings (SSSR count). The van der Waals surface area contributed by atoms with Gasteiger partial charge in [0.05, 0.1) is 0 Å². The van der Waals surface area contributed by atoms with Crippen LogP contribution in [-0.4, -0.2) is 44.9 Å². The number of furan rings is 2. The van der Waals surface area contributed by atoms with Gasteiger partial charge < -0.3 is 8.83 Å². The number of benzene rings is 17. The molecule has 0 atom stereocenters. The van der Waals surface area contributed by atoms with Crippen LogP contribution in [0.5, 0.6) is 0 Å². The summed E-state index contributed by atoms with van der Waals surface area (Å²) in [7, 11) is 0. The van der Waals surface area contributed by atoms with Gasteiger partial charge >= 0.3 is 0 Å². The standard InChI is InChI=1S/2C48H39N3O.C42H37N3/c1-46(2)36-26-25-31-30-17-10-12-20-35(30)47(3,4)48(5,6)42(31)41(36)32-24-23-29(27-37(32)46)44-49-43(28-15-8-7-9-16-28)50-45(51-44)34-19-14-22-39-40(34)33-18-11-13-21-38(33)52-39;1-46(2)37-27-29(23-24-31(37)32-25-26-33-30-17-10-12-20-36(30)47(3,4)48(5,6)42(33)41(32)46)44-49-43(28-15-8-7-9-16-28)50-45(51-44)35-19-14-22-39-40(35)34-18-11-13-21-38(34)52-39;1-40(2)34-25-28(39-44-37(26-15-9-7-10-16-26)43-38(45-39)27-17-11-8-12-18-27)21-22-30(34)31-23-24-32-29-19-13-14-20-33(29)41(3,4)42(5,6)36(32)35(31)40/h2*7-27H,1-6H3;7-25H,1-6H3. The first-order chi connectivity index (χ1) is 71.7. The molecule has 0 radical (unpaired) electrons. The second-order valence-corrected chi connectivity index (χ2v) is 46.2. The highest BCUT2D eigenvalue weighted by Gasteiger charge is 2.55. The number of rotatable bonds is 9. The van der Waals surface area contributed by atoms with Gasteiger partial charge in [-0.05, 0) is 203 Å². The van der Waals surface area contributed by atoms with Crippen LogP contribution in [0.2, 0.25) is 0 Å². The summed E-state index contributed by atoms with van der Waals surface area (Å²) in [6.45, 7) is 43.4. The van der Waals surface area contributed by atoms with Crippen LogP contribution in [0, 0.1) is 0 Å². The maximum atomic E-state index is 6.26. The highest BCUT2D eigenvalue weighted by molar-refractivity contribution is 6.13. The van der Waals surface area contributed by atoms with Gasteiger partial charge in [-0.3, -0.25) is 0 Å². The Bertz CT molecular complexity index is 9300. The van der Waals surface area contributed by atoms with Crippen molar-refractivity contribution < 1.29 is 8.83 Å². The molecule has 11 nitrogen and oxygen atoms in total. The van der Waals surface area contributed by atoms with E-state index in [9.17, 15) is 0 Å². The normalized spacial score (nSPS) is 16.1. The molecule has 0 fully saturated rings. The molecule has 0 amide bonds. The van der Waals surface area contributed by atoms with Crippen LogP contribution in [0.1, 0.15) is 191 Å². The lowest BCUT2D eigenvalue weighted by Crippen LogP contribution is -2.45. The molecule has 0 aliphatic heterocycles. The lowest BCUT2D eigenvalue weighted by atomic mass is 9.53. The van der Waals surface area contributed by atoms with Crippen LogP contribution in [0.3, 0.4) is 0 Å². The first-order valence-electron chi connectivity index (χ1n) is 52.3. The number of nitrogens with zero attached hydrogens (tertiary/aromatic N) is 9. The molecule has 149 heavy (non-hydrogen) atoms. The van der Waals surface area contributed by atoms with Crippen molar-refractivity contribution in [3.63, 3.8) is 0 Å². The number of hydrogen-bond acceptors (Lipinski definition) is 11. The minimum absolute atomic E-state index is 0.0334. The Hall–Kier alpha value is -16.6. The number of aromatic nitrogens is 9. The molecule has 22 aromatic rings. The molecular formula is C138H115N9O2. The van der Waals surface area contributed by atoms with Crippen molar-refractivity contribution in [2.24, 2.45) is 0 Å². The molecule has 11 heteroatoms. The molecular weight excluding hydrogens is 1820 g/mol. The Labute approximate surface area is 871 Å². The average Bonchev–Trinajstić information content (AvgIpc) is 1.57. The van der Waals surface area contributed by atoms with Crippen molar-refractivity contribution in [2.45, 2.75) is 173 Å². The highest BCUT2D eigenvalue weighted by atomic mass is 16.3. The molecule has 5 aromatic heterocycles.